The molecule has 0 aliphatic rings. The second-order valence-electron chi connectivity index (χ2n) is 7.10. The van der Waals surface area contributed by atoms with Crippen LogP contribution in [0.1, 0.15) is 43.0 Å². The van der Waals surface area contributed by atoms with Crippen LogP contribution in [0.3, 0.4) is 0 Å². The van der Waals surface area contributed by atoms with E-state index in [4.69, 9.17) is 20.3 Å². The molecule has 8 heteroatoms. The van der Waals surface area contributed by atoms with Crippen LogP contribution < -0.4 is 25.8 Å². The first kappa shape index (κ1) is 23.7. The second kappa shape index (κ2) is 12.9. The molecule has 0 aliphatic carbocycles. The molecule has 0 unspecified atom stereocenters. The van der Waals surface area contributed by atoms with E-state index in [0.29, 0.717) is 19.6 Å². The Bertz CT molecular complexity index is 786. The molecule has 0 aliphatic heterocycles. The van der Waals surface area contributed by atoms with E-state index in [1.807, 2.05) is 25.1 Å². The summed E-state index contributed by atoms with van der Waals surface area (Å²) >= 11 is 0. The molecule has 0 atom stereocenters. The van der Waals surface area contributed by atoms with Gasteiger partial charge in [0.25, 0.3) is 0 Å². The fourth-order valence-corrected chi connectivity index (χ4v) is 3.10. The number of nitrogens with one attached hydrogen (secondary N) is 2. The second-order valence-corrected chi connectivity index (χ2v) is 7.10. The normalized spacial score (nSPS) is 10.8. The molecule has 1 heterocycles. The molecule has 30 heavy (non-hydrogen) atoms. The van der Waals surface area contributed by atoms with Gasteiger partial charge in [0, 0.05) is 36.8 Å². The maximum absolute atomic E-state index is 8.77. The Labute approximate surface area is 179 Å². The lowest BCUT2D eigenvalue weighted by Gasteiger charge is -2.16. The average Bonchev–Trinajstić information content (AvgIpc) is 2.73. The lowest BCUT2D eigenvalue weighted by Crippen LogP contribution is -2.20. The number of aliphatic hydroxyl groups is 1. The van der Waals surface area contributed by atoms with Crippen molar-refractivity contribution in [2.45, 2.75) is 39.5 Å². The summed E-state index contributed by atoms with van der Waals surface area (Å²) in [5, 5.41) is 15.3. The van der Waals surface area contributed by atoms with Crippen molar-refractivity contribution in [3.8, 4) is 11.5 Å². The largest absolute Gasteiger partial charge is 0.496 e. The fraction of sp³-hybridized carbons (Fsp3) is 0.545. The van der Waals surface area contributed by atoms with Crippen LogP contribution >= 0.6 is 0 Å². The predicted octanol–water partition coefficient (Wildman–Crippen LogP) is 2.53. The van der Waals surface area contributed by atoms with E-state index in [1.165, 1.54) is 0 Å². The number of methoxy groups -OCH3 is 1. The van der Waals surface area contributed by atoms with Crippen molar-refractivity contribution in [3.63, 3.8) is 0 Å². The monoisotopic (exact) mass is 417 g/mol. The zero-order chi connectivity index (χ0) is 21.8. The minimum atomic E-state index is 0.147. The van der Waals surface area contributed by atoms with Crippen LogP contribution in [0, 0.1) is 6.92 Å². The molecule has 0 spiro atoms. The molecule has 8 nitrogen and oxygen atoms in total. The number of hydrogen-bond donors (Lipinski definition) is 4. The average molecular weight is 418 g/mol. The summed E-state index contributed by atoms with van der Waals surface area (Å²) in [4.78, 5) is 8.76. The van der Waals surface area contributed by atoms with Crippen molar-refractivity contribution in [2.24, 2.45) is 0 Å². The molecule has 1 aromatic carbocycles. The van der Waals surface area contributed by atoms with E-state index in [0.717, 1.165) is 66.5 Å². The minimum Gasteiger partial charge on any atom is -0.496 e. The smallest absolute Gasteiger partial charge is 0.222 e. The Hall–Kier alpha value is -2.58. The zero-order valence-corrected chi connectivity index (χ0v) is 18.3. The van der Waals surface area contributed by atoms with E-state index in [-0.39, 0.29) is 12.6 Å². The van der Waals surface area contributed by atoms with Crippen LogP contribution in [0.2, 0.25) is 0 Å². The number of benzene rings is 1. The zero-order valence-electron chi connectivity index (χ0n) is 18.3. The molecule has 0 fully saturated rings. The van der Waals surface area contributed by atoms with Crippen LogP contribution in [0.4, 0.5) is 11.8 Å². The number of aromatic nitrogens is 2. The van der Waals surface area contributed by atoms with Crippen molar-refractivity contribution in [1.82, 2.24) is 15.3 Å². The molecule has 2 rings (SSSR count). The van der Waals surface area contributed by atoms with Gasteiger partial charge in [-0.05, 0) is 37.9 Å². The summed E-state index contributed by atoms with van der Waals surface area (Å²) in [6, 6.07) is 5.88. The number of aryl methyl sites for hydroxylation is 1. The number of nitrogens with zero attached hydrogens (tertiary/aromatic N) is 2. The lowest BCUT2D eigenvalue weighted by molar-refractivity contribution is 0.281. The van der Waals surface area contributed by atoms with Gasteiger partial charge in [0.2, 0.25) is 5.95 Å². The minimum absolute atomic E-state index is 0.147. The van der Waals surface area contributed by atoms with Crippen LogP contribution in [-0.2, 0) is 6.42 Å². The maximum atomic E-state index is 8.77. The SMILES string of the molecule is CCCCNc1nc(N)nc(C)c1Cc1ccc(OCCCNCCO)cc1OC. The standard InChI is InChI=1S/C22H35N5O3/c1-4-5-10-25-21-19(16(2)26-22(23)27-21)14-17-7-8-18(15-20(17)29-3)30-13-6-9-24-11-12-28/h7-8,15,24,28H,4-6,9-14H2,1-3H3,(H3,23,25,26,27). The van der Waals surface area contributed by atoms with Crippen molar-refractivity contribution in [3.05, 3.63) is 35.0 Å². The van der Waals surface area contributed by atoms with E-state index in [2.05, 4.69) is 27.5 Å². The highest BCUT2D eigenvalue weighted by atomic mass is 16.5. The van der Waals surface area contributed by atoms with Gasteiger partial charge in [-0.2, -0.15) is 4.98 Å². The number of nitrogens with two attached hydrogens (primary N) is 1. The van der Waals surface area contributed by atoms with Crippen LogP contribution in [0.25, 0.3) is 0 Å². The fourth-order valence-electron chi connectivity index (χ4n) is 3.10. The summed E-state index contributed by atoms with van der Waals surface area (Å²) in [6.07, 6.45) is 3.66. The van der Waals surface area contributed by atoms with Gasteiger partial charge in [-0.25, -0.2) is 4.98 Å². The Kier molecular flexibility index (Phi) is 10.2. The third kappa shape index (κ3) is 7.35. The van der Waals surface area contributed by atoms with Gasteiger partial charge in [0.1, 0.15) is 17.3 Å². The molecular formula is C22H35N5O3. The molecule has 1 aromatic heterocycles. The Balaban J connectivity index is 2.09. The molecule has 0 saturated carbocycles. The van der Waals surface area contributed by atoms with E-state index in [9.17, 15) is 0 Å². The van der Waals surface area contributed by atoms with Crippen molar-refractivity contribution in [1.29, 1.82) is 0 Å². The summed E-state index contributed by atoms with van der Waals surface area (Å²) in [7, 11) is 1.66. The molecule has 0 saturated heterocycles. The molecule has 5 N–H and O–H groups in total. The summed E-state index contributed by atoms with van der Waals surface area (Å²) in [5.74, 6) is 2.59. The molecular weight excluding hydrogens is 382 g/mol. The van der Waals surface area contributed by atoms with Gasteiger partial charge >= 0.3 is 0 Å². The highest BCUT2D eigenvalue weighted by Gasteiger charge is 2.14. The Morgan fingerprint density at radius 3 is 2.70 bits per heavy atom. The molecule has 0 amide bonds. The number of hydrogen-bond acceptors (Lipinski definition) is 8. The van der Waals surface area contributed by atoms with Gasteiger partial charge in [-0.1, -0.05) is 19.4 Å². The number of aliphatic hydroxyl groups excluding tert-OH is 1. The summed E-state index contributed by atoms with van der Waals surface area (Å²) < 4.78 is 11.4. The summed E-state index contributed by atoms with van der Waals surface area (Å²) in [5.41, 5.74) is 8.77. The van der Waals surface area contributed by atoms with Crippen molar-refractivity contribution < 1.29 is 14.6 Å². The molecule has 166 valence electrons. The highest BCUT2D eigenvalue weighted by molar-refractivity contribution is 5.53. The predicted molar refractivity (Wildman–Crippen MR) is 120 cm³/mol. The van der Waals surface area contributed by atoms with Gasteiger partial charge in [-0.15, -0.1) is 0 Å². The van der Waals surface area contributed by atoms with E-state index < -0.39 is 0 Å². The van der Waals surface area contributed by atoms with Gasteiger partial charge in [-0.3, -0.25) is 0 Å². The number of nitrogen functional groups attached to an aromatic ring is 1. The maximum Gasteiger partial charge on any atom is 0.222 e. The molecule has 2 aromatic rings. The number of unbranched alkanes of at least 4 members (excludes halogenated alkanes) is 1. The third-order valence-electron chi connectivity index (χ3n) is 4.73. The van der Waals surface area contributed by atoms with Gasteiger partial charge in [0.05, 0.1) is 20.3 Å². The first-order chi connectivity index (χ1) is 14.6. The first-order valence-corrected chi connectivity index (χ1v) is 10.6. The van der Waals surface area contributed by atoms with E-state index in [1.54, 1.807) is 7.11 Å². The first-order valence-electron chi connectivity index (χ1n) is 10.6. The summed E-state index contributed by atoms with van der Waals surface area (Å²) in [6.45, 7) is 7.10. The van der Waals surface area contributed by atoms with Crippen LogP contribution in [0.5, 0.6) is 11.5 Å². The highest BCUT2D eigenvalue weighted by Crippen LogP contribution is 2.29. The number of anilines is 2. The quantitative estimate of drug-likeness (QED) is 0.347. The van der Waals surface area contributed by atoms with Gasteiger partial charge < -0.3 is 30.9 Å². The van der Waals surface area contributed by atoms with Crippen LogP contribution in [-0.4, -0.2) is 55.0 Å². The molecule has 0 bridgehead atoms. The Morgan fingerprint density at radius 1 is 1.13 bits per heavy atom. The topological polar surface area (TPSA) is 115 Å². The van der Waals surface area contributed by atoms with Crippen molar-refractivity contribution in [2.75, 3.05) is 51.0 Å². The molecule has 0 radical (unpaired) electrons. The lowest BCUT2D eigenvalue weighted by atomic mass is 10.0. The number of rotatable bonds is 14. The Morgan fingerprint density at radius 2 is 1.97 bits per heavy atom. The number of ether oxygens (including phenoxy) is 2. The van der Waals surface area contributed by atoms with Crippen molar-refractivity contribution >= 4 is 11.8 Å². The third-order valence-corrected chi connectivity index (χ3v) is 4.73. The van der Waals surface area contributed by atoms with E-state index >= 15 is 0 Å². The van der Waals surface area contributed by atoms with Crippen LogP contribution in [0.15, 0.2) is 18.2 Å². The van der Waals surface area contributed by atoms with Gasteiger partial charge in [0.15, 0.2) is 0 Å².